The Hall–Kier alpha value is -5.01. The Kier molecular flexibility index (Phi) is 11.8. The van der Waals surface area contributed by atoms with Crippen LogP contribution in [0.4, 0.5) is 11.4 Å². The summed E-state index contributed by atoms with van der Waals surface area (Å²) in [6, 6.07) is 30.5. The monoisotopic (exact) mass is 765 g/mol. The lowest BCUT2D eigenvalue weighted by molar-refractivity contribution is -0.150. The fourth-order valence-electron chi connectivity index (χ4n) is 8.47. The summed E-state index contributed by atoms with van der Waals surface area (Å²) in [6.07, 6.45) is -1.79. The van der Waals surface area contributed by atoms with Crippen molar-refractivity contribution in [1.82, 2.24) is 4.90 Å². The number of amides is 3. The third-order valence-corrected chi connectivity index (χ3v) is 15.6. The number of hydrogen-bond acceptors (Lipinski definition) is 8. The summed E-state index contributed by atoms with van der Waals surface area (Å²) in [5.74, 6) is 0.0138. The number of benzene rings is 4. The van der Waals surface area contributed by atoms with Gasteiger partial charge in [-0.1, -0.05) is 79.8 Å². The Balaban J connectivity index is 1.42. The van der Waals surface area contributed by atoms with E-state index in [2.05, 4.69) is 37.5 Å². The second kappa shape index (κ2) is 16.4. The minimum Gasteiger partial charge on any atom is -0.497 e. The van der Waals surface area contributed by atoms with Crippen LogP contribution in [0.15, 0.2) is 97.1 Å². The van der Waals surface area contributed by atoms with Crippen molar-refractivity contribution in [1.29, 1.82) is 0 Å². The average Bonchev–Trinajstić information content (AvgIpc) is 3.60. The molecule has 3 N–H and O–H groups in total. The van der Waals surface area contributed by atoms with E-state index in [4.69, 9.17) is 14.2 Å². The van der Waals surface area contributed by atoms with Gasteiger partial charge in [0.05, 0.1) is 53.7 Å². The molecule has 55 heavy (non-hydrogen) atoms. The zero-order valence-corrected chi connectivity index (χ0v) is 33.3. The number of nitrogens with zero attached hydrogens (tertiary/aromatic N) is 2. The van der Waals surface area contributed by atoms with Crippen LogP contribution in [0.1, 0.15) is 37.0 Å². The Morgan fingerprint density at radius 2 is 1.62 bits per heavy atom. The van der Waals surface area contributed by atoms with Crippen LogP contribution in [0.2, 0.25) is 18.6 Å². The third kappa shape index (κ3) is 7.77. The molecule has 290 valence electrons. The molecule has 1 fully saturated rings. The Labute approximate surface area is 323 Å². The van der Waals surface area contributed by atoms with Crippen LogP contribution in [0.5, 0.6) is 11.5 Å². The second-order valence-electron chi connectivity index (χ2n) is 15.0. The molecule has 0 aromatic heterocycles. The van der Waals surface area contributed by atoms with Crippen LogP contribution in [-0.4, -0.2) is 80.5 Å². The first-order chi connectivity index (χ1) is 26.3. The topological polar surface area (TPSA) is 138 Å². The van der Waals surface area contributed by atoms with Gasteiger partial charge >= 0.3 is 0 Å². The molecule has 6 rings (SSSR count). The highest BCUT2D eigenvalue weighted by molar-refractivity contribution is 6.91. The van der Waals surface area contributed by atoms with Crippen molar-refractivity contribution < 1.29 is 38.8 Å². The Morgan fingerprint density at radius 1 is 0.945 bits per heavy atom. The van der Waals surface area contributed by atoms with E-state index < -0.39 is 31.8 Å². The highest BCUT2D eigenvalue weighted by atomic mass is 28.3. The summed E-state index contributed by atoms with van der Waals surface area (Å²) in [7, 11) is 0.657. The van der Waals surface area contributed by atoms with Crippen molar-refractivity contribution in [3.8, 4) is 11.5 Å². The van der Waals surface area contributed by atoms with E-state index in [-0.39, 0.29) is 49.4 Å². The van der Waals surface area contributed by atoms with Crippen LogP contribution >= 0.6 is 0 Å². The van der Waals surface area contributed by atoms with E-state index in [1.807, 2.05) is 66.7 Å². The molecule has 4 aromatic rings. The van der Waals surface area contributed by atoms with Crippen molar-refractivity contribution in [2.45, 2.75) is 69.8 Å². The lowest BCUT2D eigenvalue weighted by atomic mass is 9.82. The fraction of sp³-hybridized carbons (Fsp3) is 0.372. The van der Waals surface area contributed by atoms with Crippen molar-refractivity contribution in [2.75, 3.05) is 37.6 Å². The number of ether oxygens (including phenoxy) is 3. The first-order valence-electron chi connectivity index (χ1n) is 18.7. The summed E-state index contributed by atoms with van der Waals surface area (Å²) in [4.78, 5) is 45.3. The number of anilines is 2. The van der Waals surface area contributed by atoms with Crippen molar-refractivity contribution in [3.63, 3.8) is 0 Å². The van der Waals surface area contributed by atoms with E-state index in [1.54, 1.807) is 42.2 Å². The molecule has 11 nitrogen and oxygen atoms in total. The molecule has 2 aliphatic rings. The van der Waals surface area contributed by atoms with Gasteiger partial charge in [-0.2, -0.15) is 0 Å². The van der Waals surface area contributed by atoms with E-state index >= 15 is 4.79 Å². The number of carbonyl (C=O) groups excluding carboxylic acids is 3. The van der Waals surface area contributed by atoms with E-state index in [0.29, 0.717) is 29.2 Å². The quantitative estimate of drug-likeness (QED) is 0.149. The highest BCUT2D eigenvalue weighted by Gasteiger charge is 2.66. The van der Waals surface area contributed by atoms with E-state index in [1.165, 1.54) is 6.92 Å². The Bertz CT molecular complexity index is 2010. The standard InChI is InChI=1S/C43H51N3O8Si/c1-28-40(55(5,6)35-18-15-33(52-3)16-19-35)38(25-39(49)45(21-22-47)26-30-11-8-7-9-12-30)54-43(28)36-24-34(53-4)17-20-37(36)46(42(43)51)27-31-13-10-14-32(23-31)44-41(50)29(2)48/h7-20,23-24,28-29,38,40,47-48H,21-22,25-27H2,1-6H3,(H,44,50)/t28-,29-,38+,40-,43+/m0/s1. The molecule has 0 aliphatic carbocycles. The predicted octanol–water partition coefficient (Wildman–Crippen LogP) is 5.20. The van der Waals surface area contributed by atoms with Gasteiger partial charge in [0.15, 0.2) is 5.60 Å². The molecule has 0 saturated carbocycles. The van der Waals surface area contributed by atoms with Crippen molar-refractivity contribution >= 4 is 42.4 Å². The molecule has 0 bridgehead atoms. The minimum atomic E-state index is -2.56. The van der Waals surface area contributed by atoms with Crippen molar-refractivity contribution in [3.05, 3.63) is 114 Å². The molecule has 1 saturated heterocycles. The lowest BCUT2D eigenvalue weighted by Crippen LogP contribution is -2.52. The number of rotatable bonds is 14. The molecule has 0 unspecified atom stereocenters. The molecule has 4 aromatic carbocycles. The number of carbonyl (C=O) groups is 3. The molecule has 2 heterocycles. The number of fused-ring (bicyclic) bond motifs is 2. The van der Waals surface area contributed by atoms with Crippen LogP contribution in [0.25, 0.3) is 0 Å². The maximum absolute atomic E-state index is 15.3. The molecule has 0 radical (unpaired) electrons. The number of hydrogen-bond donors (Lipinski definition) is 3. The maximum Gasteiger partial charge on any atom is 0.264 e. The van der Waals surface area contributed by atoms with Crippen LogP contribution < -0.4 is 24.9 Å². The summed E-state index contributed by atoms with van der Waals surface area (Å²) < 4.78 is 18.4. The maximum atomic E-state index is 15.3. The number of methoxy groups -OCH3 is 2. The molecule has 12 heteroatoms. The highest BCUT2D eigenvalue weighted by Crippen LogP contribution is 2.60. The first-order valence-corrected chi connectivity index (χ1v) is 21.7. The Morgan fingerprint density at radius 3 is 2.27 bits per heavy atom. The summed E-state index contributed by atoms with van der Waals surface area (Å²) >= 11 is 0. The van der Waals surface area contributed by atoms with Gasteiger partial charge in [-0.25, -0.2) is 0 Å². The molecule has 5 atom stereocenters. The molecular weight excluding hydrogens is 715 g/mol. The number of aliphatic hydroxyl groups is 2. The van der Waals surface area contributed by atoms with Gasteiger partial charge in [0.2, 0.25) is 5.91 Å². The lowest BCUT2D eigenvalue weighted by Gasteiger charge is -2.37. The molecular formula is C43H51N3O8Si. The SMILES string of the molecule is COc1ccc([Si](C)(C)[C@@H]2[C@@H](CC(=O)N(CCO)Cc3ccccc3)O[C@]3(C(=O)N(Cc4cccc(NC(=O)[C@H](C)O)c4)c4ccc(OC)cc43)[C@H]2C)cc1. The number of nitrogens with one attached hydrogen (secondary N) is 1. The van der Waals surface area contributed by atoms with Gasteiger partial charge < -0.3 is 39.5 Å². The van der Waals surface area contributed by atoms with Gasteiger partial charge in [-0.3, -0.25) is 14.4 Å². The smallest absolute Gasteiger partial charge is 0.264 e. The number of aliphatic hydroxyl groups excluding tert-OH is 2. The summed E-state index contributed by atoms with van der Waals surface area (Å²) in [5, 5.41) is 23.6. The van der Waals surface area contributed by atoms with Gasteiger partial charge in [0.25, 0.3) is 11.8 Å². The van der Waals surface area contributed by atoms with Gasteiger partial charge in [0, 0.05) is 30.3 Å². The first kappa shape index (κ1) is 39.7. The van der Waals surface area contributed by atoms with Crippen LogP contribution in [0.3, 0.4) is 0 Å². The van der Waals surface area contributed by atoms with E-state index in [9.17, 15) is 19.8 Å². The zero-order valence-electron chi connectivity index (χ0n) is 32.3. The molecule has 1 spiro atoms. The van der Waals surface area contributed by atoms with E-state index in [0.717, 1.165) is 22.1 Å². The second-order valence-corrected chi connectivity index (χ2v) is 19.7. The molecule has 3 amide bonds. The molecule has 2 aliphatic heterocycles. The summed E-state index contributed by atoms with van der Waals surface area (Å²) in [5.41, 5.74) is 1.94. The van der Waals surface area contributed by atoms with Crippen LogP contribution in [-0.2, 0) is 37.8 Å². The average molecular weight is 766 g/mol. The minimum absolute atomic E-state index is 0.0216. The summed E-state index contributed by atoms with van der Waals surface area (Å²) in [6.45, 7) is 8.49. The van der Waals surface area contributed by atoms with Crippen LogP contribution in [0, 0.1) is 5.92 Å². The van der Waals surface area contributed by atoms with Gasteiger partial charge in [-0.05, 0) is 66.1 Å². The fourth-order valence-corrected chi connectivity index (χ4v) is 12.5. The third-order valence-electron chi connectivity index (χ3n) is 11.3. The van der Waals surface area contributed by atoms with Gasteiger partial charge in [-0.15, -0.1) is 0 Å². The van der Waals surface area contributed by atoms with Gasteiger partial charge in [0.1, 0.15) is 17.6 Å². The largest absolute Gasteiger partial charge is 0.497 e. The normalized spacial score (nSPS) is 21.0. The zero-order chi connectivity index (χ0) is 39.5. The predicted molar refractivity (Wildman–Crippen MR) is 214 cm³/mol. The van der Waals surface area contributed by atoms with Crippen molar-refractivity contribution in [2.24, 2.45) is 5.92 Å².